The third-order valence-electron chi connectivity index (χ3n) is 5.11. The molecule has 2 aromatic rings. The predicted octanol–water partition coefficient (Wildman–Crippen LogP) is 1.53. The van der Waals surface area contributed by atoms with Gasteiger partial charge in [-0.1, -0.05) is 5.16 Å². The number of amides is 2. The van der Waals surface area contributed by atoms with Gasteiger partial charge in [-0.2, -0.15) is 5.10 Å². The van der Waals surface area contributed by atoms with Crippen molar-refractivity contribution in [2.24, 2.45) is 18.1 Å². The van der Waals surface area contributed by atoms with Gasteiger partial charge in [-0.25, -0.2) is 4.90 Å². The Hall–Kier alpha value is -3.29. The van der Waals surface area contributed by atoms with Crippen LogP contribution in [0.25, 0.3) is 0 Å². The van der Waals surface area contributed by atoms with Crippen LogP contribution in [0.15, 0.2) is 29.4 Å². The Morgan fingerprint density at radius 3 is 2.33 bits per heavy atom. The number of carbonyl (C=O) groups is 3. The van der Waals surface area contributed by atoms with Crippen molar-refractivity contribution >= 4 is 29.0 Å². The normalized spacial score (nSPS) is 21.3. The number of aryl methyl sites for hydroxylation is 2. The monoisotopic (exact) mass is 366 g/mol. The van der Waals surface area contributed by atoms with Gasteiger partial charge in [-0.15, -0.1) is 0 Å². The van der Waals surface area contributed by atoms with Crippen LogP contribution in [0.3, 0.4) is 0 Å². The van der Waals surface area contributed by atoms with E-state index in [4.69, 9.17) is 4.84 Å². The van der Waals surface area contributed by atoms with E-state index < -0.39 is 17.9 Å². The lowest BCUT2D eigenvalue weighted by atomic mass is 9.93. The Morgan fingerprint density at radius 1 is 1.11 bits per heavy atom. The zero-order valence-electron chi connectivity index (χ0n) is 15.4. The van der Waals surface area contributed by atoms with Crippen LogP contribution in [0.2, 0.25) is 0 Å². The Labute approximate surface area is 155 Å². The number of benzene rings is 1. The van der Waals surface area contributed by atoms with Crippen molar-refractivity contribution in [1.82, 2.24) is 9.78 Å². The maximum atomic E-state index is 13.1. The SMILES string of the molecule is CC(=O)c1ccc(N2C(=O)[C@H]3C(c4c(C)nn(C)c4C)=NO[C@@H]3C2=O)cc1. The van der Waals surface area contributed by atoms with E-state index in [1.807, 2.05) is 20.9 Å². The summed E-state index contributed by atoms with van der Waals surface area (Å²) in [4.78, 5) is 43.8. The number of aromatic nitrogens is 2. The van der Waals surface area contributed by atoms with Crippen molar-refractivity contribution in [3.63, 3.8) is 0 Å². The fourth-order valence-electron chi connectivity index (χ4n) is 3.63. The summed E-state index contributed by atoms with van der Waals surface area (Å²) in [7, 11) is 1.81. The number of imide groups is 1. The predicted molar refractivity (Wildman–Crippen MR) is 96.5 cm³/mol. The van der Waals surface area contributed by atoms with Crippen LogP contribution >= 0.6 is 0 Å². The summed E-state index contributed by atoms with van der Waals surface area (Å²) in [6.45, 7) is 5.17. The molecular weight excluding hydrogens is 348 g/mol. The summed E-state index contributed by atoms with van der Waals surface area (Å²) in [5.74, 6) is -1.73. The van der Waals surface area contributed by atoms with Gasteiger partial charge in [0.15, 0.2) is 5.78 Å². The minimum absolute atomic E-state index is 0.0854. The highest BCUT2D eigenvalue weighted by Crippen LogP contribution is 2.36. The molecule has 0 bridgehead atoms. The first-order chi connectivity index (χ1) is 12.8. The molecule has 1 aromatic carbocycles. The molecule has 1 fully saturated rings. The molecule has 0 aliphatic carbocycles. The van der Waals surface area contributed by atoms with E-state index in [1.54, 1.807) is 28.9 Å². The van der Waals surface area contributed by atoms with E-state index in [0.29, 0.717) is 17.0 Å². The Morgan fingerprint density at radius 2 is 1.78 bits per heavy atom. The number of hydrogen-bond donors (Lipinski definition) is 0. The first-order valence-corrected chi connectivity index (χ1v) is 8.54. The molecule has 0 N–H and O–H groups in total. The largest absolute Gasteiger partial charge is 0.381 e. The highest BCUT2D eigenvalue weighted by atomic mass is 16.6. The van der Waals surface area contributed by atoms with Gasteiger partial charge >= 0.3 is 0 Å². The van der Waals surface area contributed by atoms with Gasteiger partial charge in [0.05, 0.1) is 11.4 Å². The second-order valence-electron chi connectivity index (χ2n) is 6.76. The molecule has 0 radical (unpaired) electrons. The number of rotatable bonds is 3. The number of anilines is 1. The Bertz CT molecular complexity index is 1020. The van der Waals surface area contributed by atoms with E-state index in [1.165, 1.54) is 6.92 Å². The molecule has 2 atom stereocenters. The van der Waals surface area contributed by atoms with E-state index in [9.17, 15) is 14.4 Å². The lowest BCUT2D eigenvalue weighted by Gasteiger charge is -2.15. The highest BCUT2D eigenvalue weighted by molar-refractivity contribution is 6.32. The third-order valence-corrected chi connectivity index (χ3v) is 5.11. The van der Waals surface area contributed by atoms with Gasteiger partial charge in [0.1, 0.15) is 11.6 Å². The maximum Gasteiger partial charge on any atom is 0.278 e. The minimum Gasteiger partial charge on any atom is -0.381 e. The molecule has 4 rings (SSSR count). The Kier molecular flexibility index (Phi) is 3.73. The molecular formula is C19H18N4O4. The van der Waals surface area contributed by atoms with Gasteiger partial charge in [0, 0.05) is 23.9 Å². The summed E-state index contributed by atoms with van der Waals surface area (Å²) >= 11 is 0. The molecule has 0 saturated carbocycles. The van der Waals surface area contributed by atoms with Crippen molar-refractivity contribution in [2.45, 2.75) is 26.9 Å². The average Bonchev–Trinajstić information content (AvgIpc) is 3.23. The molecule has 2 amide bonds. The maximum absolute atomic E-state index is 13.1. The number of Topliss-reactive ketones (excluding diaryl/α,β-unsaturated/α-hetero) is 1. The molecule has 3 heterocycles. The van der Waals surface area contributed by atoms with Gasteiger partial charge in [-0.3, -0.25) is 19.1 Å². The second-order valence-corrected chi connectivity index (χ2v) is 6.76. The van der Waals surface area contributed by atoms with Crippen LogP contribution in [0.5, 0.6) is 0 Å². The van der Waals surface area contributed by atoms with E-state index in [0.717, 1.165) is 21.9 Å². The average molecular weight is 366 g/mol. The van der Waals surface area contributed by atoms with Crippen molar-refractivity contribution in [2.75, 3.05) is 4.90 Å². The summed E-state index contributed by atoms with van der Waals surface area (Å²) in [6.07, 6.45) is -0.973. The summed E-state index contributed by atoms with van der Waals surface area (Å²) < 4.78 is 1.71. The summed E-state index contributed by atoms with van der Waals surface area (Å²) in [5, 5.41) is 8.40. The number of hydrogen-bond acceptors (Lipinski definition) is 6. The highest BCUT2D eigenvalue weighted by Gasteiger charge is 2.56. The van der Waals surface area contributed by atoms with Crippen molar-refractivity contribution in [1.29, 1.82) is 0 Å². The number of carbonyl (C=O) groups excluding carboxylic acids is 3. The smallest absolute Gasteiger partial charge is 0.278 e. The molecule has 8 nitrogen and oxygen atoms in total. The van der Waals surface area contributed by atoms with E-state index in [-0.39, 0.29) is 11.7 Å². The quantitative estimate of drug-likeness (QED) is 0.607. The number of oxime groups is 1. The van der Waals surface area contributed by atoms with E-state index >= 15 is 0 Å². The first-order valence-electron chi connectivity index (χ1n) is 8.54. The van der Waals surface area contributed by atoms with Crippen LogP contribution in [0, 0.1) is 19.8 Å². The summed E-state index contributed by atoms with van der Waals surface area (Å²) in [5.41, 5.74) is 3.66. The van der Waals surface area contributed by atoms with Crippen LogP contribution in [-0.4, -0.2) is 39.2 Å². The van der Waals surface area contributed by atoms with Crippen LogP contribution < -0.4 is 4.90 Å². The van der Waals surface area contributed by atoms with Crippen molar-refractivity contribution in [3.8, 4) is 0 Å². The zero-order chi connectivity index (χ0) is 19.5. The molecule has 0 unspecified atom stereocenters. The van der Waals surface area contributed by atoms with Crippen molar-refractivity contribution in [3.05, 3.63) is 46.8 Å². The van der Waals surface area contributed by atoms with Crippen LogP contribution in [0.4, 0.5) is 5.69 Å². The van der Waals surface area contributed by atoms with Crippen LogP contribution in [-0.2, 0) is 21.5 Å². The molecule has 0 spiro atoms. The van der Waals surface area contributed by atoms with Crippen molar-refractivity contribution < 1.29 is 19.2 Å². The fourth-order valence-corrected chi connectivity index (χ4v) is 3.63. The topological polar surface area (TPSA) is 93.9 Å². The van der Waals surface area contributed by atoms with Crippen LogP contribution in [0.1, 0.15) is 34.2 Å². The molecule has 27 heavy (non-hydrogen) atoms. The second kappa shape index (κ2) is 5.87. The fraction of sp³-hybridized carbons (Fsp3) is 0.316. The lowest BCUT2D eigenvalue weighted by Crippen LogP contribution is -2.33. The molecule has 2 aliphatic heterocycles. The van der Waals surface area contributed by atoms with Gasteiger partial charge in [-0.05, 0) is 45.0 Å². The molecule has 138 valence electrons. The number of ketones is 1. The zero-order valence-corrected chi connectivity index (χ0v) is 15.4. The third kappa shape index (κ3) is 2.40. The summed E-state index contributed by atoms with van der Waals surface area (Å²) in [6, 6.07) is 6.37. The Balaban J connectivity index is 1.71. The number of fused-ring (bicyclic) bond motifs is 1. The lowest BCUT2D eigenvalue weighted by molar-refractivity contribution is -0.126. The molecule has 1 saturated heterocycles. The van der Waals surface area contributed by atoms with Gasteiger partial charge in [0.2, 0.25) is 12.0 Å². The van der Waals surface area contributed by atoms with Gasteiger partial charge in [0.25, 0.3) is 5.91 Å². The first kappa shape index (κ1) is 17.1. The molecule has 1 aromatic heterocycles. The van der Waals surface area contributed by atoms with Gasteiger partial charge < -0.3 is 4.84 Å². The molecule has 2 aliphatic rings. The number of nitrogens with zero attached hydrogens (tertiary/aromatic N) is 4. The molecule has 8 heteroatoms. The standard InChI is InChI=1S/C19H18N4O4/c1-9-14(10(2)22(4)20-9)16-15-17(27-21-16)19(26)23(18(15)25)13-7-5-12(6-8-13)11(3)24/h5-8,15,17H,1-4H3/t15-,17-/m0/s1. The van der Waals surface area contributed by atoms with E-state index in [2.05, 4.69) is 10.3 Å². The minimum atomic E-state index is -0.973.